The third-order valence-corrected chi connectivity index (χ3v) is 8.63. The lowest BCUT2D eigenvalue weighted by Crippen LogP contribution is -2.35. The molecule has 0 radical (unpaired) electrons. The number of sulfonamides is 2. The smallest absolute Gasteiger partial charge is 0.285 e. The molecule has 1 aliphatic rings. The van der Waals surface area contributed by atoms with Crippen LogP contribution < -0.4 is 11.5 Å². The van der Waals surface area contributed by atoms with Gasteiger partial charge in [-0.2, -0.15) is 17.8 Å². The molecule has 1 saturated heterocycles. The highest BCUT2D eigenvalue weighted by Gasteiger charge is 2.29. The molecule has 0 spiro atoms. The molecule has 0 bridgehead atoms. The number of hydrogen-bond acceptors (Lipinski definition) is 8. The molecule has 2 heterocycles. The van der Waals surface area contributed by atoms with Crippen LogP contribution in [-0.2, 0) is 20.0 Å². The zero-order valence-electron chi connectivity index (χ0n) is 18.4. The second-order valence-corrected chi connectivity index (χ2v) is 11.3. The van der Waals surface area contributed by atoms with Crippen LogP contribution in [0, 0.1) is 0 Å². The number of guanidine groups is 1. The molecule has 1 fully saturated rings. The summed E-state index contributed by atoms with van der Waals surface area (Å²) in [4.78, 5) is 3.97. The molecule has 1 aliphatic heterocycles. The van der Waals surface area contributed by atoms with E-state index in [0.717, 1.165) is 19.3 Å². The fourth-order valence-corrected chi connectivity index (χ4v) is 6.29. The van der Waals surface area contributed by atoms with E-state index in [0.29, 0.717) is 13.1 Å². The van der Waals surface area contributed by atoms with Crippen LogP contribution in [0.3, 0.4) is 0 Å². The maximum Gasteiger partial charge on any atom is 0.285 e. The summed E-state index contributed by atoms with van der Waals surface area (Å²) in [5, 5.41) is 19.0. The molecule has 1 aromatic heterocycles. The molecule has 35 heavy (non-hydrogen) atoms. The number of fused-ring (bicyclic) bond motifs is 1. The van der Waals surface area contributed by atoms with Gasteiger partial charge in [0.05, 0.1) is 15.5 Å². The number of rotatable bonds is 6. The number of nitrogens with two attached hydrogens (primary N) is 2. The van der Waals surface area contributed by atoms with Crippen LogP contribution in [0.1, 0.15) is 19.3 Å². The lowest BCUT2D eigenvalue weighted by atomic mass is 10.2. The standard InChI is InChI=1S/C21H23N7O5S2/c22-21(23)27-34(30,31)15-8-6-14(7-9-15)25-26-17-13-18(16-5-4-10-24-19(16)20(17)29)35(32,33)28-11-2-1-3-12-28/h4-10,13,29H,1-3,11-12H2,(H4,22,23,27). The Morgan fingerprint density at radius 2 is 1.66 bits per heavy atom. The van der Waals surface area contributed by atoms with E-state index in [1.165, 1.54) is 40.8 Å². The average molecular weight is 518 g/mol. The normalized spacial score (nSPS) is 15.4. The van der Waals surface area contributed by atoms with Gasteiger partial charge in [0, 0.05) is 24.7 Å². The Hall–Kier alpha value is -3.62. The fourth-order valence-electron chi connectivity index (χ4n) is 3.71. The van der Waals surface area contributed by atoms with Crippen molar-refractivity contribution in [3.63, 3.8) is 0 Å². The highest BCUT2D eigenvalue weighted by Crippen LogP contribution is 2.39. The van der Waals surface area contributed by atoms with E-state index in [9.17, 15) is 21.9 Å². The Labute approximate surface area is 202 Å². The molecule has 5 N–H and O–H groups in total. The second-order valence-electron chi connectivity index (χ2n) is 7.79. The summed E-state index contributed by atoms with van der Waals surface area (Å²) >= 11 is 0. The minimum Gasteiger partial charge on any atom is -0.504 e. The number of phenolic OH excluding ortho intramolecular Hbond substituents is 1. The molecular formula is C21H23N7O5S2. The maximum absolute atomic E-state index is 13.4. The van der Waals surface area contributed by atoms with Crippen molar-refractivity contribution in [1.82, 2.24) is 9.29 Å². The maximum atomic E-state index is 13.4. The number of aromatic hydroxyl groups is 1. The van der Waals surface area contributed by atoms with Gasteiger partial charge >= 0.3 is 0 Å². The molecule has 2 aromatic carbocycles. The van der Waals surface area contributed by atoms with Gasteiger partial charge in [-0.05, 0) is 55.3 Å². The summed E-state index contributed by atoms with van der Waals surface area (Å²) < 4.78 is 55.6. The first-order chi connectivity index (χ1) is 16.6. The van der Waals surface area contributed by atoms with Gasteiger partial charge in [0.1, 0.15) is 11.2 Å². The van der Waals surface area contributed by atoms with Gasteiger partial charge < -0.3 is 16.6 Å². The lowest BCUT2D eigenvalue weighted by Gasteiger charge is -2.26. The number of phenols is 1. The van der Waals surface area contributed by atoms with Crippen molar-refractivity contribution in [1.29, 1.82) is 0 Å². The van der Waals surface area contributed by atoms with E-state index >= 15 is 0 Å². The van der Waals surface area contributed by atoms with Crippen LogP contribution in [0.25, 0.3) is 10.9 Å². The Morgan fingerprint density at radius 1 is 0.971 bits per heavy atom. The van der Waals surface area contributed by atoms with Crippen LogP contribution in [0.2, 0.25) is 0 Å². The quantitative estimate of drug-likeness (QED) is 0.252. The summed E-state index contributed by atoms with van der Waals surface area (Å²) in [5.41, 5.74) is 10.5. The first kappa shape index (κ1) is 24.5. The van der Waals surface area contributed by atoms with E-state index in [2.05, 4.69) is 19.6 Å². The van der Waals surface area contributed by atoms with E-state index in [-0.39, 0.29) is 37.8 Å². The number of azo groups is 1. The number of nitrogens with zero attached hydrogens (tertiary/aromatic N) is 5. The average Bonchev–Trinajstić information content (AvgIpc) is 2.83. The molecular weight excluding hydrogens is 494 g/mol. The zero-order chi connectivity index (χ0) is 25.2. The first-order valence-electron chi connectivity index (χ1n) is 10.6. The van der Waals surface area contributed by atoms with Gasteiger partial charge in [0.15, 0.2) is 5.75 Å². The lowest BCUT2D eigenvalue weighted by molar-refractivity contribution is 0.347. The van der Waals surface area contributed by atoms with E-state index < -0.39 is 26.0 Å². The molecule has 0 saturated carbocycles. The summed E-state index contributed by atoms with van der Waals surface area (Å²) in [7, 11) is -7.92. The van der Waals surface area contributed by atoms with Crippen LogP contribution in [0.4, 0.5) is 11.4 Å². The largest absolute Gasteiger partial charge is 0.504 e. The summed E-state index contributed by atoms with van der Waals surface area (Å²) in [6.45, 7) is 0.827. The van der Waals surface area contributed by atoms with Crippen molar-refractivity contribution < 1.29 is 21.9 Å². The van der Waals surface area contributed by atoms with Crippen LogP contribution >= 0.6 is 0 Å². The molecule has 0 amide bonds. The molecule has 0 aliphatic carbocycles. The van der Waals surface area contributed by atoms with Crippen molar-refractivity contribution in [2.75, 3.05) is 13.1 Å². The minimum absolute atomic E-state index is 0.0204. The van der Waals surface area contributed by atoms with Crippen molar-refractivity contribution in [2.45, 2.75) is 29.1 Å². The Balaban J connectivity index is 1.74. The Morgan fingerprint density at radius 3 is 2.31 bits per heavy atom. The predicted octanol–water partition coefficient (Wildman–Crippen LogP) is 2.49. The highest BCUT2D eigenvalue weighted by molar-refractivity contribution is 7.90. The van der Waals surface area contributed by atoms with Crippen LogP contribution in [0.15, 0.2) is 73.1 Å². The molecule has 12 nitrogen and oxygen atoms in total. The second kappa shape index (κ2) is 9.56. The molecule has 4 rings (SSSR count). The number of benzene rings is 2. The Bertz CT molecular complexity index is 1530. The van der Waals surface area contributed by atoms with Crippen molar-refractivity contribution in [3.05, 3.63) is 48.7 Å². The van der Waals surface area contributed by atoms with Crippen molar-refractivity contribution in [2.24, 2.45) is 26.1 Å². The topological polar surface area (TPSA) is 194 Å². The molecule has 184 valence electrons. The van der Waals surface area contributed by atoms with E-state index in [1.54, 1.807) is 12.1 Å². The van der Waals surface area contributed by atoms with Gasteiger partial charge in [-0.15, -0.1) is 9.51 Å². The molecule has 3 aromatic rings. The van der Waals surface area contributed by atoms with Gasteiger partial charge in [-0.25, -0.2) is 8.42 Å². The number of aromatic nitrogens is 1. The highest BCUT2D eigenvalue weighted by atomic mass is 32.2. The van der Waals surface area contributed by atoms with E-state index in [4.69, 9.17) is 11.5 Å². The molecule has 0 unspecified atom stereocenters. The SMILES string of the molecule is NC(N)=NS(=O)(=O)c1ccc(N=Nc2cc(S(=O)(=O)N3CCCCC3)c3cccnc3c2O)cc1. The van der Waals surface area contributed by atoms with Gasteiger partial charge in [0.25, 0.3) is 10.0 Å². The Kier molecular flexibility index (Phi) is 6.69. The van der Waals surface area contributed by atoms with Gasteiger partial charge in [-0.1, -0.05) is 6.42 Å². The third-order valence-electron chi connectivity index (χ3n) is 5.37. The molecule has 14 heteroatoms. The number of pyridine rings is 1. The summed E-state index contributed by atoms with van der Waals surface area (Å²) in [5.74, 6) is -0.918. The van der Waals surface area contributed by atoms with Gasteiger partial charge in [0.2, 0.25) is 16.0 Å². The van der Waals surface area contributed by atoms with Crippen molar-refractivity contribution in [3.8, 4) is 5.75 Å². The summed E-state index contributed by atoms with van der Waals surface area (Å²) in [6, 6.07) is 9.64. The van der Waals surface area contributed by atoms with Gasteiger partial charge in [-0.3, -0.25) is 4.98 Å². The molecule has 0 atom stereocenters. The monoisotopic (exact) mass is 517 g/mol. The van der Waals surface area contributed by atoms with Crippen LogP contribution in [-0.4, -0.2) is 50.3 Å². The van der Waals surface area contributed by atoms with Crippen LogP contribution in [0.5, 0.6) is 5.75 Å². The predicted molar refractivity (Wildman–Crippen MR) is 130 cm³/mol. The number of hydrogen-bond donors (Lipinski definition) is 3. The third kappa shape index (κ3) is 5.08. The summed E-state index contributed by atoms with van der Waals surface area (Å²) in [6.07, 6.45) is 3.95. The van der Waals surface area contributed by atoms with E-state index in [1.807, 2.05) is 0 Å². The minimum atomic E-state index is -4.06. The van der Waals surface area contributed by atoms with Crippen molar-refractivity contribution >= 4 is 48.3 Å². The zero-order valence-corrected chi connectivity index (χ0v) is 20.1. The fraction of sp³-hybridized carbons (Fsp3) is 0.238. The number of piperidine rings is 1. The first-order valence-corrected chi connectivity index (χ1v) is 13.5.